The summed E-state index contributed by atoms with van der Waals surface area (Å²) >= 11 is 0. The van der Waals surface area contributed by atoms with Gasteiger partial charge < -0.3 is 0 Å². The van der Waals surface area contributed by atoms with Crippen LogP contribution >= 0.6 is 0 Å². The van der Waals surface area contributed by atoms with E-state index < -0.39 is 0 Å². The van der Waals surface area contributed by atoms with Crippen molar-refractivity contribution in [1.29, 1.82) is 0 Å². The quantitative estimate of drug-likeness (QED) is 0.698. The minimum atomic E-state index is 1.02. The number of hydrogen-bond acceptors (Lipinski definition) is 2. The van der Waals surface area contributed by atoms with E-state index in [0.717, 1.165) is 13.0 Å². The molecule has 1 heterocycles. The Morgan fingerprint density at radius 1 is 1.14 bits per heavy atom. The number of rotatable bonds is 6. The Morgan fingerprint density at radius 3 is 2.50 bits per heavy atom. The van der Waals surface area contributed by atoms with Gasteiger partial charge in [0.25, 0.3) is 0 Å². The lowest BCUT2D eigenvalue weighted by Crippen LogP contribution is -2.02. The Balaban J connectivity index is 2.55. The van der Waals surface area contributed by atoms with Crippen molar-refractivity contribution < 1.29 is 0 Å². The van der Waals surface area contributed by atoms with E-state index in [9.17, 15) is 0 Å². The highest BCUT2D eigenvalue weighted by molar-refractivity contribution is 5.07. The average Bonchev–Trinajstić information content (AvgIpc) is 2.54. The van der Waals surface area contributed by atoms with Crippen LogP contribution in [0.1, 0.15) is 50.9 Å². The summed E-state index contributed by atoms with van der Waals surface area (Å²) < 4.78 is 2.04. The van der Waals surface area contributed by atoms with E-state index in [0.29, 0.717) is 0 Å². The topological polar surface area (TPSA) is 30.7 Å². The van der Waals surface area contributed by atoms with Crippen molar-refractivity contribution in [1.82, 2.24) is 15.0 Å². The Bertz CT molecular complexity index is 240. The molecule has 0 unspecified atom stereocenters. The van der Waals surface area contributed by atoms with E-state index in [1.54, 1.807) is 0 Å². The van der Waals surface area contributed by atoms with Crippen molar-refractivity contribution in [2.75, 3.05) is 0 Å². The van der Waals surface area contributed by atoms with E-state index >= 15 is 0 Å². The molecule has 0 N–H and O–H groups in total. The maximum absolute atomic E-state index is 4.22. The van der Waals surface area contributed by atoms with Gasteiger partial charge in [0.15, 0.2) is 0 Å². The third kappa shape index (κ3) is 2.82. The zero-order valence-corrected chi connectivity index (χ0v) is 9.58. The predicted octanol–water partition coefficient (Wildman–Crippen LogP) is 2.73. The van der Waals surface area contributed by atoms with Crippen molar-refractivity contribution in [2.45, 2.75) is 59.4 Å². The van der Waals surface area contributed by atoms with Crippen LogP contribution in [0.4, 0.5) is 0 Å². The molecule has 80 valence electrons. The lowest BCUT2D eigenvalue weighted by atomic mass is 10.2. The van der Waals surface area contributed by atoms with Gasteiger partial charge in [0, 0.05) is 6.54 Å². The number of unbranched alkanes of at least 4 members (excludes halogenated alkanes) is 2. The number of hydrogen-bond donors (Lipinski definition) is 0. The van der Waals surface area contributed by atoms with Gasteiger partial charge in [-0.1, -0.05) is 31.9 Å². The summed E-state index contributed by atoms with van der Waals surface area (Å²) in [4.78, 5) is 0. The second-order valence-electron chi connectivity index (χ2n) is 3.80. The SMILES string of the molecule is CCCCc1nnn(CCCC)c1C. The fourth-order valence-electron chi connectivity index (χ4n) is 1.49. The second kappa shape index (κ2) is 5.78. The van der Waals surface area contributed by atoms with Crippen LogP contribution < -0.4 is 0 Å². The Labute approximate surface area is 86.5 Å². The summed E-state index contributed by atoms with van der Waals surface area (Å²) in [5, 5.41) is 8.39. The molecule has 0 saturated carbocycles. The Kier molecular flexibility index (Phi) is 4.63. The monoisotopic (exact) mass is 195 g/mol. The van der Waals surface area contributed by atoms with Crippen LogP contribution in [0, 0.1) is 6.92 Å². The minimum absolute atomic E-state index is 1.02. The molecule has 0 aliphatic carbocycles. The molecule has 0 aliphatic heterocycles. The molecule has 1 aromatic heterocycles. The highest BCUT2D eigenvalue weighted by Crippen LogP contribution is 2.08. The first-order valence-electron chi connectivity index (χ1n) is 5.68. The summed E-state index contributed by atoms with van der Waals surface area (Å²) in [6, 6.07) is 0. The van der Waals surface area contributed by atoms with Gasteiger partial charge in [-0.3, -0.25) is 0 Å². The molecule has 0 atom stereocenters. The molecule has 14 heavy (non-hydrogen) atoms. The molecular weight excluding hydrogens is 174 g/mol. The van der Waals surface area contributed by atoms with Crippen molar-refractivity contribution in [3.63, 3.8) is 0 Å². The van der Waals surface area contributed by atoms with Gasteiger partial charge in [-0.05, 0) is 26.2 Å². The highest BCUT2D eigenvalue weighted by atomic mass is 15.4. The molecule has 0 aromatic carbocycles. The summed E-state index contributed by atoms with van der Waals surface area (Å²) in [7, 11) is 0. The van der Waals surface area contributed by atoms with Crippen LogP contribution in [-0.2, 0) is 13.0 Å². The van der Waals surface area contributed by atoms with Crippen molar-refractivity contribution >= 4 is 0 Å². The molecule has 3 nitrogen and oxygen atoms in total. The van der Waals surface area contributed by atoms with Crippen molar-refractivity contribution in [3.05, 3.63) is 11.4 Å². The second-order valence-corrected chi connectivity index (χ2v) is 3.80. The maximum Gasteiger partial charge on any atom is 0.0856 e. The van der Waals surface area contributed by atoms with E-state index in [1.165, 1.54) is 37.1 Å². The summed E-state index contributed by atoms with van der Waals surface area (Å²) in [5.74, 6) is 0. The zero-order valence-electron chi connectivity index (χ0n) is 9.58. The number of nitrogens with zero attached hydrogens (tertiary/aromatic N) is 3. The summed E-state index contributed by atoms with van der Waals surface area (Å²) in [6.07, 6.45) is 5.92. The standard InChI is InChI=1S/C11H21N3/c1-4-6-8-11-10(3)14(13-12-11)9-7-5-2/h4-9H2,1-3H3. The van der Waals surface area contributed by atoms with E-state index in [-0.39, 0.29) is 0 Å². The molecule has 1 aromatic rings. The van der Waals surface area contributed by atoms with E-state index in [1.807, 2.05) is 4.68 Å². The lowest BCUT2D eigenvalue weighted by Gasteiger charge is -2.01. The molecule has 0 radical (unpaired) electrons. The first-order chi connectivity index (χ1) is 6.79. The smallest absolute Gasteiger partial charge is 0.0856 e. The van der Waals surface area contributed by atoms with Crippen LogP contribution in [-0.4, -0.2) is 15.0 Å². The van der Waals surface area contributed by atoms with Crippen LogP contribution in [0.15, 0.2) is 0 Å². The van der Waals surface area contributed by atoms with Crippen LogP contribution in [0.5, 0.6) is 0 Å². The zero-order chi connectivity index (χ0) is 10.4. The molecule has 1 rings (SSSR count). The Hall–Kier alpha value is -0.860. The van der Waals surface area contributed by atoms with Gasteiger partial charge in [-0.25, -0.2) is 4.68 Å². The molecule has 0 saturated heterocycles. The maximum atomic E-state index is 4.22. The molecule has 0 spiro atoms. The molecule has 0 aliphatic rings. The fourth-order valence-corrected chi connectivity index (χ4v) is 1.49. The predicted molar refractivity (Wildman–Crippen MR) is 58.3 cm³/mol. The fraction of sp³-hybridized carbons (Fsp3) is 0.818. The minimum Gasteiger partial charge on any atom is -0.249 e. The molecule has 0 fully saturated rings. The molecule has 0 bridgehead atoms. The van der Waals surface area contributed by atoms with Gasteiger partial charge in [0.05, 0.1) is 11.4 Å². The van der Waals surface area contributed by atoms with Gasteiger partial charge in [0.1, 0.15) is 0 Å². The van der Waals surface area contributed by atoms with Gasteiger partial charge in [-0.2, -0.15) is 0 Å². The average molecular weight is 195 g/mol. The molecule has 0 amide bonds. The Morgan fingerprint density at radius 2 is 1.86 bits per heavy atom. The third-order valence-electron chi connectivity index (χ3n) is 2.57. The van der Waals surface area contributed by atoms with Crippen LogP contribution in [0.2, 0.25) is 0 Å². The van der Waals surface area contributed by atoms with Crippen LogP contribution in [0.3, 0.4) is 0 Å². The highest BCUT2D eigenvalue weighted by Gasteiger charge is 2.06. The largest absolute Gasteiger partial charge is 0.249 e. The van der Waals surface area contributed by atoms with Crippen LogP contribution in [0.25, 0.3) is 0 Å². The number of aryl methyl sites for hydroxylation is 2. The summed E-state index contributed by atoms with van der Waals surface area (Å²) in [6.45, 7) is 7.54. The van der Waals surface area contributed by atoms with Gasteiger partial charge in [0.2, 0.25) is 0 Å². The first-order valence-corrected chi connectivity index (χ1v) is 5.68. The molecular formula is C11H21N3. The molecule has 3 heteroatoms. The lowest BCUT2D eigenvalue weighted by molar-refractivity contribution is 0.542. The van der Waals surface area contributed by atoms with Gasteiger partial charge >= 0.3 is 0 Å². The van der Waals surface area contributed by atoms with E-state index in [2.05, 4.69) is 31.1 Å². The van der Waals surface area contributed by atoms with Crippen molar-refractivity contribution in [2.24, 2.45) is 0 Å². The summed E-state index contributed by atoms with van der Waals surface area (Å²) in [5.41, 5.74) is 2.44. The normalized spacial score (nSPS) is 10.8. The van der Waals surface area contributed by atoms with E-state index in [4.69, 9.17) is 0 Å². The van der Waals surface area contributed by atoms with Crippen molar-refractivity contribution in [3.8, 4) is 0 Å². The number of aromatic nitrogens is 3. The van der Waals surface area contributed by atoms with Gasteiger partial charge in [-0.15, -0.1) is 5.10 Å². The first kappa shape index (κ1) is 11.2. The third-order valence-corrected chi connectivity index (χ3v) is 2.57.